The third-order valence-corrected chi connectivity index (χ3v) is 5.68. The van der Waals surface area contributed by atoms with Gasteiger partial charge < -0.3 is 15.0 Å². The van der Waals surface area contributed by atoms with Gasteiger partial charge in [0, 0.05) is 26.1 Å². The van der Waals surface area contributed by atoms with Crippen molar-refractivity contribution in [3.05, 3.63) is 35.4 Å². The molecule has 0 bridgehead atoms. The molecule has 2 aliphatic rings. The molecule has 6 heteroatoms. The van der Waals surface area contributed by atoms with Gasteiger partial charge in [-0.25, -0.2) is 4.79 Å². The van der Waals surface area contributed by atoms with Crippen molar-refractivity contribution in [2.24, 2.45) is 5.92 Å². The summed E-state index contributed by atoms with van der Waals surface area (Å²) in [5, 5.41) is 2.91. The average molecular weight is 386 g/mol. The van der Waals surface area contributed by atoms with Gasteiger partial charge in [0.05, 0.1) is 5.56 Å². The van der Waals surface area contributed by atoms with Crippen molar-refractivity contribution in [1.29, 1.82) is 0 Å². The summed E-state index contributed by atoms with van der Waals surface area (Å²) in [6.07, 6.45) is 6.76. The second-order valence-corrected chi connectivity index (χ2v) is 7.91. The molecular weight excluding hydrogens is 356 g/mol. The number of benzene rings is 1. The van der Waals surface area contributed by atoms with Gasteiger partial charge in [-0.2, -0.15) is 0 Å². The molecule has 3 rings (SSSR count). The van der Waals surface area contributed by atoms with Gasteiger partial charge in [-0.3, -0.25) is 9.59 Å². The van der Waals surface area contributed by atoms with E-state index in [1.54, 1.807) is 19.1 Å². The second kappa shape index (κ2) is 9.71. The normalized spacial score (nSPS) is 18.8. The molecule has 28 heavy (non-hydrogen) atoms. The molecule has 1 aliphatic heterocycles. The Labute approximate surface area is 166 Å². The van der Waals surface area contributed by atoms with E-state index < -0.39 is 12.1 Å². The van der Waals surface area contributed by atoms with Crippen LogP contribution in [0.4, 0.5) is 0 Å². The lowest BCUT2D eigenvalue weighted by molar-refractivity contribution is -0.129. The lowest BCUT2D eigenvalue weighted by atomic mass is 9.89. The minimum Gasteiger partial charge on any atom is -0.449 e. The van der Waals surface area contributed by atoms with Crippen molar-refractivity contribution < 1.29 is 19.1 Å². The summed E-state index contributed by atoms with van der Waals surface area (Å²) in [5.74, 6) is -0.0422. The fraction of sp³-hybridized carbons (Fsp3) is 0.591. The van der Waals surface area contributed by atoms with Crippen LogP contribution in [0.1, 0.15) is 67.8 Å². The number of rotatable bonds is 7. The number of carbonyl (C=O) groups is 3. The number of hydrogen-bond donors (Lipinski definition) is 1. The SMILES string of the molecule is CC(OC(=O)c1ccc(CN2CCCC2=O)cc1)C(=O)NCC1CCCCC1. The predicted octanol–water partition coefficient (Wildman–Crippen LogP) is 3.05. The standard InChI is InChI=1S/C22H30N2O4/c1-16(21(26)23-14-17-6-3-2-4-7-17)28-22(27)19-11-9-18(10-12-19)15-24-13-5-8-20(24)25/h9-12,16-17H,2-8,13-15H2,1H3,(H,23,26). The number of esters is 1. The van der Waals surface area contributed by atoms with Crippen molar-refractivity contribution in [3.63, 3.8) is 0 Å². The molecule has 2 amide bonds. The van der Waals surface area contributed by atoms with Crippen molar-refractivity contribution in [1.82, 2.24) is 10.2 Å². The predicted molar refractivity (Wildman–Crippen MR) is 106 cm³/mol. The molecule has 0 spiro atoms. The molecule has 1 aromatic rings. The molecule has 1 aliphatic carbocycles. The van der Waals surface area contributed by atoms with E-state index >= 15 is 0 Å². The number of ether oxygens (including phenoxy) is 1. The smallest absolute Gasteiger partial charge is 0.338 e. The molecule has 1 aromatic carbocycles. The van der Waals surface area contributed by atoms with Gasteiger partial charge in [0.2, 0.25) is 5.91 Å². The van der Waals surface area contributed by atoms with Crippen molar-refractivity contribution in [3.8, 4) is 0 Å². The third-order valence-electron chi connectivity index (χ3n) is 5.68. The highest BCUT2D eigenvalue weighted by Crippen LogP contribution is 2.22. The van der Waals surface area contributed by atoms with Gasteiger partial charge in [-0.1, -0.05) is 31.4 Å². The van der Waals surface area contributed by atoms with Gasteiger partial charge in [0.1, 0.15) is 0 Å². The van der Waals surface area contributed by atoms with E-state index in [9.17, 15) is 14.4 Å². The number of nitrogens with one attached hydrogen (secondary N) is 1. The maximum Gasteiger partial charge on any atom is 0.338 e. The van der Waals surface area contributed by atoms with Crippen molar-refractivity contribution >= 4 is 17.8 Å². The van der Waals surface area contributed by atoms with Gasteiger partial charge in [0.25, 0.3) is 5.91 Å². The van der Waals surface area contributed by atoms with Gasteiger partial charge in [-0.15, -0.1) is 0 Å². The monoisotopic (exact) mass is 386 g/mol. The van der Waals surface area contributed by atoms with Crippen LogP contribution in [0, 0.1) is 5.92 Å². The summed E-state index contributed by atoms with van der Waals surface area (Å²) in [6.45, 7) is 3.61. The Balaban J connectivity index is 1.45. The second-order valence-electron chi connectivity index (χ2n) is 7.91. The van der Waals surface area contributed by atoms with Crippen LogP contribution in [0.3, 0.4) is 0 Å². The zero-order chi connectivity index (χ0) is 19.9. The van der Waals surface area contributed by atoms with Crippen LogP contribution in [-0.2, 0) is 20.9 Å². The zero-order valence-electron chi connectivity index (χ0n) is 16.6. The molecule has 0 aromatic heterocycles. The van der Waals surface area contributed by atoms with Gasteiger partial charge >= 0.3 is 5.97 Å². The van der Waals surface area contributed by atoms with E-state index in [2.05, 4.69) is 5.32 Å². The van der Waals surface area contributed by atoms with Crippen LogP contribution in [-0.4, -0.2) is 41.9 Å². The Morgan fingerprint density at radius 2 is 1.86 bits per heavy atom. The van der Waals surface area contributed by atoms with Crippen LogP contribution in [0.2, 0.25) is 0 Å². The maximum absolute atomic E-state index is 12.3. The molecule has 1 saturated carbocycles. The van der Waals surface area contributed by atoms with E-state index in [-0.39, 0.29) is 11.8 Å². The van der Waals surface area contributed by atoms with Crippen LogP contribution in [0.25, 0.3) is 0 Å². The summed E-state index contributed by atoms with van der Waals surface area (Å²) < 4.78 is 5.31. The summed E-state index contributed by atoms with van der Waals surface area (Å²) in [6, 6.07) is 7.03. The first-order chi connectivity index (χ1) is 13.5. The fourth-order valence-electron chi connectivity index (χ4n) is 3.90. The quantitative estimate of drug-likeness (QED) is 0.731. The lowest BCUT2D eigenvalue weighted by Gasteiger charge is -2.22. The molecule has 1 heterocycles. The first-order valence-electron chi connectivity index (χ1n) is 10.4. The van der Waals surface area contributed by atoms with Crippen LogP contribution >= 0.6 is 0 Å². The van der Waals surface area contributed by atoms with E-state index in [0.717, 1.165) is 31.4 Å². The highest BCUT2D eigenvalue weighted by atomic mass is 16.5. The average Bonchev–Trinajstić information content (AvgIpc) is 3.11. The zero-order valence-corrected chi connectivity index (χ0v) is 16.6. The molecule has 1 N–H and O–H groups in total. The summed E-state index contributed by atoms with van der Waals surface area (Å²) in [7, 11) is 0. The summed E-state index contributed by atoms with van der Waals surface area (Å²) in [4.78, 5) is 38.0. The number of hydrogen-bond acceptors (Lipinski definition) is 4. The summed E-state index contributed by atoms with van der Waals surface area (Å²) >= 11 is 0. The highest BCUT2D eigenvalue weighted by Gasteiger charge is 2.22. The van der Waals surface area contributed by atoms with Gasteiger partial charge in [0.15, 0.2) is 6.10 Å². The largest absolute Gasteiger partial charge is 0.449 e. The Morgan fingerprint density at radius 3 is 2.50 bits per heavy atom. The highest BCUT2D eigenvalue weighted by molar-refractivity contribution is 5.92. The Bertz CT molecular complexity index is 695. The molecule has 0 radical (unpaired) electrons. The lowest BCUT2D eigenvalue weighted by Crippen LogP contribution is -2.38. The van der Waals surface area contributed by atoms with E-state index in [4.69, 9.17) is 4.74 Å². The molecule has 152 valence electrons. The first-order valence-corrected chi connectivity index (χ1v) is 10.4. The van der Waals surface area contributed by atoms with Crippen LogP contribution in [0.5, 0.6) is 0 Å². The number of nitrogens with zero attached hydrogens (tertiary/aromatic N) is 1. The minimum absolute atomic E-state index is 0.177. The van der Waals surface area contributed by atoms with E-state index in [0.29, 0.717) is 31.0 Å². The Morgan fingerprint density at radius 1 is 1.14 bits per heavy atom. The Hall–Kier alpha value is -2.37. The fourth-order valence-corrected chi connectivity index (χ4v) is 3.90. The molecule has 1 unspecified atom stereocenters. The van der Waals surface area contributed by atoms with Crippen LogP contribution < -0.4 is 5.32 Å². The van der Waals surface area contributed by atoms with Crippen LogP contribution in [0.15, 0.2) is 24.3 Å². The van der Waals surface area contributed by atoms with Crippen molar-refractivity contribution in [2.45, 2.75) is 64.5 Å². The molecule has 2 fully saturated rings. The van der Waals surface area contributed by atoms with Gasteiger partial charge in [-0.05, 0) is 49.8 Å². The third kappa shape index (κ3) is 5.57. The van der Waals surface area contributed by atoms with E-state index in [1.165, 1.54) is 19.3 Å². The van der Waals surface area contributed by atoms with E-state index in [1.807, 2.05) is 17.0 Å². The number of amides is 2. The minimum atomic E-state index is -0.821. The number of likely N-dealkylation sites (tertiary alicyclic amines) is 1. The molecule has 6 nitrogen and oxygen atoms in total. The molecular formula is C22H30N2O4. The van der Waals surface area contributed by atoms with Crippen molar-refractivity contribution in [2.75, 3.05) is 13.1 Å². The summed E-state index contributed by atoms with van der Waals surface area (Å²) in [5.41, 5.74) is 1.38. The molecule has 1 atom stereocenters. The molecule has 1 saturated heterocycles. The first kappa shape index (κ1) is 20.4. The maximum atomic E-state index is 12.3. The topological polar surface area (TPSA) is 75.7 Å². The number of carbonyl (C=O) groups excluding carboxylic acids is 3. The Kier molecular flexibility index (Phi) is 7.06.